The molecule has 0 unspecified atom stereocenters. The number of rotatable bonds is 5. The summed E-state index contributed by atoms with van der Waals surface area (Å²) in [4.78, 5) is 30.6. The van der Waals surface area contributed by atoms with Crippen molar-refractivity contribution in [2.24, 2.45) is 0 Å². The molecule has 0 bridgehead atoms. The highest BCUT2D eigenvalue weighted by Crippen LogP contribution is 2.26. The fraction of sp³-hybridized carbons (Fsp3) is 0.350. The molecule has 2 heterocycles. The first-order chi connectivity index (χ1) is 14.6. The lowest BCUT2D eigenvalue weighted by atomic mass is 10.1. The topological polar surface area (TPSA) is 71.5 Å². The average Bonchev–Trinajstić information content (AvgIpc) is 2.73. The van der Waals surface area contributed by atoms with Gasteiger partial charge in [-0.15, -0.1) is 0 Å². The van der Waals surface area contributed by atoms with Crippen molar-refractivity contribution in [1.82, 2.24) is 9.88 Å². The van der Waals surface area contributed by atoms with Crippen molar-refractivity contribution in [3.05, 3.63) is 52.2 Å². The van der Waals surface area contributed by atoms with Crippen LogP contribution >= 0.6 is 23.4 Å². The number of ether oxygens (including phenoxy) is 1. The highest BCUT2D eigenvalue weighted by molar-refractivity contribution is 7.99. The predicted molar refractivity (Wildman–Crippen MR) is 113 cm³/mol. The van der Waals surface area contributed by atoms with Crippen LogP contribution in [0.5, 0.6) is 5.88 Å². The number of pyridine rings is 1. The molecular weight excluding hydrogens is 455 g/mol. The number of benzene rings is 1. The highest BCUT2D eigenvalue weighted by atomic mass is 35.5. The van der Waals surface area contributed by atoms with Gasteiger partial charge in [0.15, 0.2) is 6.61 Å². The van der Waals surface area contributed by atoms with E-state index in [4.69, 9.17) is 11.6 Å². The molecule has 1 saturated heterocycles. The Labute approximate surface area is 186 Å². The number of aryl methyl sites for hydroxylation is 1. The van der Waals surface area contributed by atoms with Crippen molar-refractivity contribution in [3.8, 4) is 5.88 Å². The SMILES string of the molecule is Cc1cc(C(=O)N2CCSCC2)ccc1NC(=O)c1cnc(OCC(F)(F)F)c(Cl)c1. The molecule has 6 nitrogen and oxygen atoms in total. The summed E-state index contributed by atoms with van der Waals surface area (Å²) in [6, 6.07) is 6.16. The molecule has 1 aliphatic rings. The summed E-state index contributed by atoms with van der Waals surface area (Å²) >= 11 is 7.70. The van der Waals surface area contributed by atoms with E-state index in [0.717, 1.165) is 17.7 Å². The number of hydrogen-bond acceptors (Lipinski definition) is 5. The van der Waals surface area contributed by atoms with Crippen LogP contribution in [-0.4, -0.2) is 59.1 Å². The minimum Gasteiger partial charge on any atom is -0.467 e. The lowest BCUT2D eigenvalue weighted by Crippen LogP contribution is -2.37. The Balaban J connectivity index is 1.67. The first-order valence-electron chi connectivity index (χ1n) is 9.28. The van der Waals surface area contributed by atoms with Crippen LogP contribution in [0.1, 0.15) is 26.3 Å². The first-order valence-corrected chi connectivity index (χ1v) is 10.8. The molecule has 166 valence electrons. The van der Waals surface area contributed by atoms with Crippen LogP contribution in [0.3, 0.4) is 0 Å². The number of anilines is 1. The van der Waals surface area contributed by atoms with Gasteiger partial charge in [-0.1, -0.05) is 11.6 Å². The number of halogens is 4. The third kappa shape index (κ3) is 6.27. The quantitative estimate of drug-likeness (QED) is 0.695. The number of hydrogen-bond donors (Lipinski definition) is 1. The number of carbonyl (C=O) groups excluding carboxylic acids is 2. The largest absolute Gasteiger partial charge is 0.467 e. The van der Waals surface area contributed by atoms with E-state index < -0.39 is 24.6 Å². The molecule has 1 aliphatic heterocycles. The van der Waals surface area contributed by atoms with E-state index in [-0.39, 0.29) is 16.5 Å². The normalized spacial score (nSPS) is 14.3. The van der Waals surface area contributed by atoms with Gasteiger partial charge in [0.2, 0.25) is 5.88 Å². The molecule has 31 heavy (non-hydrogen) atoms. The van der Waals surface area contributed by atoms with Gasteiger partial charge >= 0.3 is 6.18 Å². The smallest absolute Gasteiger partial charge is 0.422 e. The molecule has 3 rings (SSSR count). The fourth-order valence-corrected chi connectivity index (χ4v) is 4.01. The van der Waals surface area contributed by atoms with Gasteiger partial charge in [-0.25, -0.2) is 4.98 Å². The molecular formula is C20H19ClF3N3O3S. The summed E-state index contributed by atoms with van der Waals surface area (Å²) in [6.45, 7) is 1.64. The van der Waals surface area contributed by atoms with Gasteiger partial charge in [-0.3, -0.25) is 9.59 Å². The van der Waals surface area contributed by atoms with Crippen molar-refractivity contribution in [2.75, 3.05) is 36.5 Å². The molecule has 0 atom stereocenters. The Bertz CT molecular complexity index is 982. The Morgan fingerprint density at radius 2 is 1.94 bits per heavy atom. The Morgan fingerprint density at radius 3 is 2.55 bits per heavy atom. The molecule has 1 aromatic carbocycles. The zero-order valence-electron chi connectivity index (χ0n) is 16.5. The monoisotopic (exact) mass is 473 g/mol. The maximum absolute atomic E-state index is 12.6. The third-order valence-corrected chi connectivity index (χ3v) is 5.68. The van der Waals surface area contributed by atoms with Crippen LogP contribution in [0.4, 0.5) is 18.9 Å². The molecule has 2 amide bonds. The fourth-order valence-electron chi connectivity index (χ4n) is 2.89. The van der Waals surface area contributed by atoms with Gasteiger partial charge in [0.05, 0.1) is 5.56 Å². The van der Waals surface area contributed by atoms with Crippen molar-refractivity contribution < 1.29 is 27.5 Å². The van der Waals surface area contributed by atoms with E-state index in [2.05, 4.69) is 15.0 Å². The maximum atomic E-state index is 12.6. The van der Waals surface area contributed by atoms with Crippen LogP contribution in [-0.2, 0) is 0 Å². The van der Waals surface area contributed by atoms with Gasteiger partial charge in [-0.05, 0) is 36.8 Å². The van der Waals surface area contributed by atoms with Gasteiger partial charge < -0.3 is 15.0 Å². The molecule has 1 N–H and O–H groups in total. The minimum atomic E-state index is -4.53. The summed E-state index contributed by atoms with van der Waals surface area (Å²) < 4.78 is 41.3. The molecule has 0 saturated carbocycles. The second kappa shape index (κ2) is 9.78. The van der Waals surface area contributed by atoms with Crippen molar-refractivity contribution in [2.45, 2.75) is 13.1 Å². The Morgan fingerprint density at radius 1 is 1.23 bits per heavy atom. The van der Waals surface area contributed by atoms with Gasteiger partial charge in [0.1, 0.15) is 5.02 Å². The average molecular weight is 474 g/mol. The standard InChI is InChI=1S/C20H19ClF3N3O3S/c1-12-8-13(19(29)27-4-6-31-7-5-27)2-3-16(12)26-17(28)14-9-15(21)18(25-10-14)30-11-20(22,23)24/h2-3,8-10H,4-7,11H2,1H3,(H,26,28). The molecule has 11 heteroatoms. The van der Waals surface area contributed by atoms with Crippen LogP contribution in [0.25, 0.3) is 0 Å². The van der Waals surface area contributed by atoms with Crippen LogP contribution < -0.4 is 10.1 Å². The number of thioether (sulfide) groups is 1. The van der Waals surface area contributed by atoms with E-state index in [1.165, 1.54) is 6.07 Å². The summed E-state index contributed by atoms with van der Waals surface area (Å²) in [7, 11) is 0. The van der Waals surface area contributed by atoms with E-state index in [1.54, 1.807) is 30.0 Å². The summed E-state index contributed by atoms with van der Waals surface area (Å²) in [5, 5.41) is 2.47. The van der Waals surface area contributed by atoms with Crippen LogP contribution in [0.15, 0.2) is 30.5 Å². The van der Waals surface area contributed by atoms with Gasteiger partial charge in [0.25, 0.3) is 11.8 Å². The van der Waals surface area contributed by atoms with Crippen LogP contribution in [0, 0.1) is 6.92 Å². The maximum Gasteiger partial charge on any atom is 0.422 e. The second-order valence-corrected chi connectivity index (χ2v) is 8.44. The summed E-state index contributed by atoms with van der Waals surface area (Å²) in [5.41, 5.74) is 1.77. The summed E-state index contributed by atoms with van der Waals surface area (Å²) in [5.74, 6) is 0.815. The highest BCUT2D eigenvalue weighted by Gasteiger charge is 2.29. The number of aromatic nitrogens is 1. The lowest BCUT2D eigenvalue weighted by molar-refractivity contribution is -0.154. The van der Waals surface area contributed by atoms with E-state index >= 15 is 0 Å². The van der Waals surface area contributed by atoms with Crippen molar-refractivity contribution in [3.63, 3.8) is 0 Å². The van der Waals surface area contributed by atoms with E-state index in [0.29, 0.717) is 29.9 Å². The lowest BCUT2D eigenvalue weighted by Gasteiger charge is -2.26. The minimum absolute atomic E-state index is 0.0493. The van der Waals surface area contributed by atoms with E-state index in [1.807, 2.05) is 11.8 Å². The number of nitrogens with one attached hydrogen (secondary N) is 1. The van der Waals surface area contributed by atoms with Crippen molar-refractivity contribution in [1.29, 1.82) is 0 Å². The zero-order valence-corrected chi connectivity index (χ0v) is 18.0. The summed E-state index contributed by atoms with van der Waals surface area (Å²) in [6.07, 6.45) is -3.45. The molecule has 1 aromatic heterocycles. The number of carbonyl (C=O) groups is 2. The van der Waals surface area contributed by atoms with Crippen LogP contribution in [0.2, 0.25) is 5.02 Å². The Hall–Kier alpha value is -2.46. The van der Waals surface area contributed by atoms with Crippen molar-refractivity contribution >= 4 is 40.9 Å². The van der Waals surface area contributed by atoms with E-state index in [9.17, 15) is 22.8 Å². The molecule has 0 radical (unpaired) electrons. The third-order valence-electron chi connectivity index (χ3n) is 4.46. The number of alkyl halides is 3. The number of amides is 2. The molecule has 0 spiro atoms. The number of nitrogens with zero attached hydrogens (tertiary/aromatic N) is 2. The van der Waals surface area contributed by atoms with Gasteiger partial charge in [0, 0.05) is 42.0 Å². The molecule has 2 aromatic rings. The Kier molecular flexibility index (Phi) is 7.32. The molecule has 1 fully saturated rings. The molecule has 0 aliphatic carbocycles. The second-order valence-electron chi connectivity index (χ2n) is 6.80. The van der Waals surface area contributed by atoms with Gasteiger partial charge in [-0.2, -0.15) is 24.9 Å². The first kappa shape index (κ1) is 23.2. The zero-order chi connectivity index (χ0) is 22.6. The predicted octanol–water partition coefficient (Wildman–Crippen LogP) is 4.43.